The first-order valence-corrected chi connectivity index (χ1v) is 7.15. The monoisotopic (exact) mass is 255 g/mol. The zero-order chi connectivity index (χ0) is 13.8. The minimum atomic E-state index is -0.511. The molecule has 1 fully saturated rings. The van der Waals surface area contributed by atoms with Gasteiger partial charge < -0.3 is 10.6 Å². The number of rotatable bonds is 6. The molecule has 0 spiro atoms. The highest BCUT2D eigenvalue weighted by Crippen LogP contribution is 2.17. The Balaban J connectivity index is 2.35. The number of carbonyl (C=O) groups excluding carboxylic acids is 1. The number of hydrogen-bond acceptors (Lipinski definition) is 3. The molecule has 18 heavy (non-hydrogen) atoms. The number of piperazine rings is 1. The van der Waals surface area contributed by atoms with E-state index in [1.807, 2.05) is 13.8 Å². The molecule has 0 saturated carbocycles. The molecule has 0 aromatic heterocycles. The number of amides is 1. The summed E-state index contributed by atoms with van der Waals surface area (Å²) < 4.78 is 0. The molecule has 0 aromatic rings. The molecule has 4 nitrogen and oxygen atoms in total. The van der Waals surface area contributed by atoms with Crippen LogP contribution in [0.5, 0.6) is 0 Å². The van der Waals surface area contributed by atoms with E-state index in [1.54, 1.807) is 0 Å². The molecular weight excluding hydrogens is 226 g/mol. The van der Waals surface area contributed by atoms with Gasteiger partial charge in [-0.3, -0.25) is 9.69 Å². The third-order valence-electron chi connectivity index (χ3n) is 4.40. The average molecular weight is 255 g/mol. The maximum Gasteiger partial charge on any atom is 0.237 e. The van der Waals surface area contributed by atoms with Crippen LogP contribution in [0.4, 0.5) is 0 Å². The average Bonchev–Trinajstić information content (AvgIpc) is 2.36. The predicted molar refractivity (Wildman–Crippen MR) is 75.4 cm³/mol. The standard InChI is InChI=1S/C14H29N3O/c1-5-12(2)6-7-16-8-10-17(11-9-16)14(3,4)13(15)18/h12H,5-11H2,1-4H3,(H2,15,18). The third-order valence-corrected chi connectivity index (χ3v) is 4.40. The fourth-order valence-corrected chi connectivity index (χ4v) is 2.29. The zero-order valence-corrected chi connectivity index (χ0v) is 12.4. The highest BCUT2D eigenvalue weighted by atomic mass is 16.1. The summed E-state index contributed by atoms with van der Waals surface area (Å²) in [5.74, 6) is 0.584. The van der Waals surface area contributed by atoms with Crippen LogP contribution in [0.15, 0.2) is 0 Å². The molecule has 1 unspecified atom stereocenters. The minimum Gasteiger partial charge on any atom is -0.368 e. The van der Waals surface area contributed by atoms with E-state index in [-0.39, 0.29) is 5.91 Å². The van der Waals surface area contributed by atoms with E-state index in [4.69, 9.17) is 5.73 Å². The van der Waals surface area contributed by atoms with Crippen LogP contribution in [0.3, 0.4) is 0 Å². The smallest absolute Gasteiger partial charge is 0.237 e. The van der Waals surface area contributed by atoms with Crippen LogP contribution < -0.4 is 5.73 Å². The van der Waals surface area contributed by atoms with Gasteiger partial charge in [-0.25, -0.2) is 0 Å². The summed E-state index contributed by atoms with van der Waals surface area (Å²) in [5, 5.41) is 0. The molecule has 1 atom stereocenters. The van der Waals surface area contributed by atoms with Gasteiger partial charge in [-0.2, -0.15) is 0 Å². The quantitative estimate of drug-likeness (QED) is 0.778. The maximum atomic E-state index is 11.4. The number of nitrogens with zero attached hydrogens (tertiary/aromatic N) is 2. The molecule has 0 bridgehead atoms. The second kappa shape index (κ2) is 6.53. The van der Waals surface area contributed by atoms with E-state index in [1.165, 1.54) is 19.4 Å². The minimum absolute atomic E-state index is 0.226. The van der Waals surface area contributed by atoms with Gasteiger partial charge in [0.1, 0.15) is 0 Å². The van der Waals surface area contributed by atoms with Crippen molar-refractivity contribution in [1.29, 1.82) is 0 Å². The predicted octanol–water partition coefficient (Wildman–Crippen LogP) is 1.30. The van der Waals surface area contributed by atoms with Gasteiger partial charge >= 0.3 is 0 Å². The van der Waals surface area contributed by atoms with Crippen LogP contribution in [-0.2, 0) is 4.79 Å². The van der Waals surface area contributed by atoms with Crippen LogP contribution in [-0.4, -0.2) is 54.0 Å². The van der Waals surface area contributed by atoms with Crippen molar-refractivity contribution in [2.45, 2.75) is 46.1 Å². The van der Waals surface area contributed by atoms with Crippen molar-refractivity contribution >= 4 is 5.91 Å². The van der Waals surface area contributed by atoms with Gasteiger partial charge in [-0.05, 0) is 32.7 Å². The summed E-state index contributed by atoms with van der Waals surface area (Å²) in [5.41, 5.74) is 4.95. The summed E-state index contributed by atoms with van der Waals surface area (Å²) in [7, 11) is 0. The molecule has 4 heteroatoms. The van der Waals surface area contributed by atoms with Crippen LogP contribution >= 0.6 is 0 Å². The second-order valence-corrected chi connectivity index (χ2v) is 6.05. The topological polar surface area (TPSA) is 49.6 Å². The Kier molecular flexibility index (Phi) is 5.60. The lowest BCUT2D eigenvalue weighted by molar-refractivity contribution is -0.129. The number of carbonyl (C=O) groups is 1. The Morgan fingerprint density at radius 1 is 1.28 bits per heavy atom. The first-order valence-electron chi connectivity index (χ1n) is 7.15. The Hall–Kier alpha value is -0.610. The van der Waals surface area contributed by atoms with Crippen molar-refractivity contribution in [3.05, 3.63) is 0 Å². The van der Waals surface area contributed by atoms with Crippen LogP contribution in [0.25, 0.3) is 0 Å². The van der Waals surface area contributed by atoms with E-state index in [9.17, 15) is 4.79 Å². The van der Waals surface area contributed by atoms with Gasteiger partial charge in [0.25, 0.3) is 0 Å². The summed E-state index contributed by atoms with van der Waals surface area (Å²) in [6, 6.07) is 0. The molecule has 0 radical (unpaired) electrons. The van der Waals surface area contributed by atoms with Crippen molar-refractivity contribution in [2.75, 3.05) is 32.7 Å². The van der Waals surface area contributed by atoms with E-state index in [0.717, 1.165) is 32.1 Å². The van der Waals surface area contributed by atoms with E-state index < -0.39 is 5.54 Å². The Labute approximate surface area is 111 Å². The van der Waals surface area contributed by atoms with Crippen molar-refractivity contribution in [1.82, 2.24) is 9.80 Å². The fourth-order valence-electron chi connectivity index (χ4n) is 2.29. The van der Waals surface area contributed by atoms with Gasteiger partial charge in [0, 0.05) is 26.2 Å². The second-order valence-electron chi connectivity index (χ2n) is 6.05. The first kappa shape index (κ1) is 15.4. The van der Waals surface area contributed by atoms with Crippen LogP contribution in [0.1, 0.15) is 40.5 Å². The Bertz CT molecular complexity index is 270. The van der Waals surface area contributed by atoms with Crippen molar-refractivity contribution < 1.29 is 4.79 Å². The number of primary amides is 1. The summed E-state index contributed by atoms with van der Waals surface area (Å²) in [6.45, 7) is 13.6. The third kappa shape index (κ3) is 3.95. The largest absolute Gasteiger partial charge is 0.368 e. The van der Waals surface area contributed by atoms with Gasteiger partial charge in [0.15, 0.2) is 0 Å². The lowest BCUT2D eigenvalue weighted by Gasteiger charge is -2.42. The SMILES string of the molecule is CCC(C)CCN1CCN(C(C)(C)C(N)=O)CC1. The van der Waals surface area contributed by atoms with Crippen molar-refractivity contribution in [3.8, 4) is 0 Å². The van der Waals surface area contributed by atoms with Gasteiger partial charge in [-0.1, -0.05) is 20.3 Å². The number of hydrogen-bond donors (Lipinski definition) is 1. The van der Waals surface area contributed by atoms with E-state index in [2.05, 4.69) is 23.6 Å². The fraction of sp³-hybridized carbons (Fsp3) is 0.929. The molecule has 2 N–H and O–H groups in total. The maximum absolute atomic E-state index is 11.4. The van der Waals surface area contributed by atoms with Crippen LogP contribution in [0.2, 0.25) is 0 Å². The molecule has 1 heterocycles. The highest BCUT2D eigenvalue weighted by molar-refractivity contribution is 5.83. The van der Waals surface area contributed by atoms with E-state index >= 15 is 0 Å². The molecule has 106 valence electrons. The van der Waals surface area contributed by atoms with Crippen molar-refractivity contribution in [2.24, 2.45) is 11.7 Å². The van der Waals surface area contributed by atoms with Gasteiger partial charge in [-0.15, -0.1) is 0 Å². The van der Waals surface area contributed by atoms with Gasteiger partial charge in [0.2, 0.25) is 5.91 Å². The molecule has 1 saturated heterocycles. The highest BCUT2D eigenvalue weighted by Gasteiger charge is 2.34. The molecule has 0 aliphatic carbocycles. The normalized spacial score (nSPS) is 20.9. The van der Waals surface area contributed by atoms with Gasteiger partial charge in [0.05, 0.1) is 5.54 Å². The molecule has 1 aliphatic heterocycles. The Morgan fingerprint density at radius 3 is 2.28 bits per heavy atom. The lowest BCUT2D eigenvalue weighted by atomic mass is 10.0. The van der Waals surface area contributed by atoms with E-state index in [0.29, 0.717) is 0 Å². The number of nitrogens with two attached hydrogens (primary N) is 1. The molecule has 1 rings (SSSR count). The zero-order valence-electron chi connectivity index (χ0n) is 12.4. The summed E-state index contributed by atoms with van der Waals surface area (Å²) in [4.78, 5) is 16.1. The summed E-state index contributed by atoms with van der Waals surface area (Å²) in [6.07, 6.45) is 2.53. The van der Waals surface area contributed by atoms with Crippen LogP contribution in [0, 0.1) is 5.92 Å². The lowest BCUT2D eigenvalue weighted by Crippen LogP contribution is -2.59. The summed E-state index contributed by atoms with van der Waals surface area (Å²) >= 11 is 0. The Morgan fingerprint density at radius 2 is 1.83 bits per heavy atom. The molecule has 1 aliphatic rings. The molecule has 1 amide bonds. The van der Waals surface area contributed by atoms with Crippen molar-refractivity contribution in [3.63, 3.8) is 0 Å². The molecular formula is C14H29N3O. The first-order chi connectivity index (χ1) is 8.37. The molecule has 0 aromatic carbocycles.